The Morgan fingerprint density at radius 1 is 1.47 bits per heavy atom. The molecule has 1 aliphatic heterocycles. The van der Waals surface area contributed by atoms with Crippen LogP contribution in [0.3, 0.4) is 0 Å². The van der Waals surface area contributed by atoms with E-state index in [2.05, 4.69) is 5.32 Å². The predicted molar refractivity (Wildman–Crippen MR) is 75.1 cm³/mol. The van der Waals surface area contributed by atoms with Crippen LogP contribution in [0.1, 0.15) is 28.9 Å². The largest absolute Gasteiger partial charge is 0.342 e. The highest BCUT2D eigenvalue weighted by Crippen LogP contribution is 2.16. The Kier molecular flexibility index (Phi) is 4.93. The number of thiophene rings is 1. The molecule has 1 atom stereocenters. The van der Waals surface area contributed by atoms with Crippen molar-refractivity contribution < 1.29 is 9.59 Å². The van der Waals surface area contributed by atoms with Gasteiger partial charge in [0.05, 0.1) is 11.4 Å². The summed E-state index contributed by atoms with van der Waals surface area (Å²) in [4.78, 5) is 26.3. The van der Waals surface area contributed by atoms with Gasteiger partial charge in [-0.25, -0.2) is 0 Å². The first-order chi connectivity index (χ1) is 9.22. The number of nitrogens with two attached hydrogens (primary N) is 1. The first-order valence-corrected chi connectivity index (χ1v) is 7.41. The molecule has 0 aromatic carbocycles. The van der Waals surface area contributed by atoms with Gasteiger partial charge in [0.15, 0.2) is 0 Å². The molecule has 104 valence electrons. The SMILES string of the molecule is NCC1CCCCN1C(=O)CNC(=O)c1cccs1. The number of piperidine rings is 1. The number of nitrogens with one attached hydrogen (secondary N) is 1. The monoisotopic (exact) mass is 281 g/mol. The molecule has 19 heavy (non-hydrogen) atoms. The number of carbonyl (C=O) groups is 2. The predicted octanol–water partition coefficient (Wildman–Crippen LogP) is 0.818. The van der Waals surface area contributed by atoms with Gasteiger partial charge in [-0.15, -0.1) is 11.3 Å². The van der Waals surface area contributed by atoms with Gasteiger partial charge in [-0.3, -0.25) is 9.59 Å². The van der Waals surface area contributed by atoms with Crippen molar-refractivity contribution in [3.63, 3.8) is 0 Å². The van der Waals surface area contributed by atoms with Crippen molar-refractivity contribution in [2.75, 3.05) is 19.6 Å². The molecule has 1 saturated heterocycles. The number of carbonyl (C=O) groups excluding carboxylic acids is 2. The van der Waals surface area contributed by atoms with Gasteiger partial charge in [0.1, 0.15) is 0 Å². The zero-order valence-electron chi connectivity index (χ0n) is 10.8. The van der Waals surface area contributed by atoms with Gasteiger partial charge < -0.3 is 16.0 Å². The highest BCUT2D eigenvalue weighted by molar-refractivity contribution is 7.12. The minimum atomic E-state index is -0.190. The van der Waals surface area contributed by atoms with E-state index in [9.17, 15) is 9.59 Å². The highest BCUT2D eigenvalue weighted by atomic mass is 32.1. The Labute approximate surface area is 116 Å². The van der Waals surface area contributed by atoms with E-state index in [0.717, 1.165) is 25.8 Å². The summed E-state index contributed by atoms with van der Waals surface area (Å²) in [6.07, 6.45) is 3.09. The van der Waals surface area contributed by atoms with Crippen molar-refractivity contribution >= 4 is 23.2 Å². The Bertz CT molecular complexity index is 433. The van der Waals surface area contributed by atoms with Crippen molar-refractivity contribution in [3.8, 4) is 0 Å². The van der Waals surface area contributed by atoms with Gasteiger partial charge in [-0.1, -0.05) is 6.07 Å². The van der Waals surface area contributed by atoms with Crippen LogP contribution in [0.4, 0.5) is 0 Å². The zero-order valence-corrected chi connectivity index (χ0v) is 11.6. The van der Waals surface area contributed by atoms with Crippen molar-refractivity contribution in [1.82, 2.24) is 10.2 Å². The second kappa shape index (κ2) is 6.68. The molecular formula is C13H19N3O2S. The van der Waals surface area contributed by atoms with E-state index in [4.69, 9.17) is 5.73 Å². The summed E-state index contributed by atoms with van der Waals surface area (Å²) < 4.78 is 0. The lowest BCUT2D eigenvalue weighted by Crippen LogP contribution is -2.50. The third-order valence-corrected chi connectivity index (χ3v) is 4.23. The van der Waals surface area contributed by atoms with Crippen molar-refractivity contribution in [2.45, 2.75) is 25.3 Å². The summed E-state index contributed by atoms with van der Waals surface area (Å²) in [6.45, 7) is 1.29. The van der Waals surface area contributed by atoms with Crippen LogP contribution in [0.2, 0.25) is 0 Å². The van der Waals surface area contributed by atoms with Crippen LogP contribution >= 0.6 is 11.3 Å². The number of hydrogen-bond acceptors (Lipinski definition) is 4. The summed E-state index contributed by atoms with van der Waals surface area (Å²) in [7, 11) is 0. The van der Waals surface area contributed by atoms with E-state index >= 15 is 0 Å². The number of nitrogens with zero attached hydrogens (tertiary/aromatic N) is 1. The summed E-state index contributed by atoms with van der Waals surface area (Å²) in [6, 6.07) is 3.68. The topological polar surface area (TPSA) is 75.4 Å². The lowest BCUT2D eigenvalue weighted by Gasteiger charge is -2.35. The Morgan fingerprint density at radius 2 is 2.32 bits per heavy atom. The standard InChI is InChI=1S/C13H19N3O2S/c14-8-10-4-1-2-6-16(10)12(17)9-15-13(18)11-5-3-7-19-11/h3,5,7,10H,1-2,4,6,8-9,14H2,(H,15,18). The van der Waals surface area contributed by atoms with E-state index in [0.29, 0.717) is 11.4 Å². The lowest BCUT2D eigenvalue weighted by atomic mass is 10.0. The van der Waals surface area contributed by atoms with Gasteiger partial charge in [-0.05, 0) is 30.7 Å². The molecule has 0 spiro atoms. The van der Waals surface area contributed by atoms with E-state index in [1.54, 1.807) is 11.0 Å². The molecule has 0 radical (unpaired) electrons. The normalized spacial score (nSPS) is 19.2. The summed E-state index contributed by atoms with van der Waals surface area (Å²) in [5.41, 5.74) is 5.68. The first kappa shape index (κ1) is 14.0. The summed E-state index contributed by atoms with van der Waals surface area (Å²) in [5.74, 6) is -0.232. The summed E-state index contributed by atoms with van der Waals surface area (Å²) in [5, 5.41) is 4.51. The average Bonchev–Trinajstić information content (AvgIpc) is 2.98. The van der Waals surface area contributed by atoms with Crippen molar-refractivity contribution in [1.29, 1.82) is 0 Å². The van der Waals surface area contributed by atoms with Crippen LogP contribution in [0.5, 0.6) is 0 Å². The molecule has 0 saturated carbocycles. The third-order valence-electron chi connectivity index (χ3n) is 3.36. The fraction of sp³-hybridized carbons (Fsp3) is 0.538. The van der Waals surface area contributed by atoms with E-state index < -0.39 is 0 Å². The maximum Gasteiger partial charge on any atom is 0.261 e. The zero-order chi connectivity index (χ0) is 13.7. The number of amides is 2. The average molecular weight is 281 g/mol. The number of hydrogen-bond donors (Lipinski definition) is 2. The smallest absolute Gasteiger partial charge is 0.261 e. The Balaban J connectivity index is 1.85. The fourth-order valence-corrected chi connectivity index (χ4v) is 2.97. The van der Waals surface area contributed by atoms with E-state index in [1.807, 2.05) is 11.4 Å². The van der Waals surface area contributed by atoms with Crippen molar-refractivity contribution in [2.24, 2.45) is 5.73 Å². The molecule has 5 nitrogen and oxygen atoms in total. The molecule has 1 fully saturated rings. The van der Waals surface area contributed by atoms with Gasteiger partial charge in [-0.2, -0.15) is 0 Å². The molecule has 2 rings (SSSR count). The highest BCUT2D eigenvalue weighted by Gasteiger charge is 2.25. The first-order valence-electron chi connectivity index (χ1n) is 6.53. The molecular weight excluding hydrogens is 262 g/mol. The molecule has 3 N–H and O–H groups in total. The molecule has 0 bridgehead atoms. The molecule has 1 aliphatic rings. The maximum atomic E-state index is 12.1. The Morgan fingerprint density at radius 3 is 3.00 bits per heavy atom. The van der Waals surface area contributed by atoms with Crippen LogP contribution in [-0.4, -0.2) is 42.4 Å². The lowest BCUT2D eigenvalue weighted by molar-refractivity contribution is -0.133. The van der Waals surface area contributed by atoms with E-state index in [1.165, 1.54) is 11.3 Å². The molecule has 6 heteroatoms. The Hall–Kier alpha value is -1.40. The molecule has 1 aromatic rings. The minimum absolute atomic E-state index is 0.0416. The van der Waals surface area contributed by atoms with Crippen molar-refractivity contribution in [3.05, 3.63) is 22.4 Å². The van der Waals surface area contributed by atoms with Crippen LogP contribution in [0.25, 0.3) is 0 Å². The van der Waals surface area contributed by atoms with Crippen LogP contribution in [0.15, 0.2) is 17.5 Å². The maximum absolute atomic E-state index is 12.1. The van der Waals surface area contributed by atoms with Gasteiger partial charge in [0, 0.05) is 19.1 Å². The fourth-order valence-electron chi connectivity index (χ4n) is 2.33. The van der Waals surface area contributed by atoms with Crippen LogP contribution in [0, 0.1) is 0 Å². The molecule has 2 amide bonds. The number of likely N-dealkylation sites (tertiary alicyclic amines) is 1. The quantitative estimate of drug-likeness (QED) is 0.858. The van der Waals surface area contributed by atoms with Gasteiger partial charge in [0.2, 0.25) is 5.91 Å². The molecule has 1 unspecified atom stereocenters. The summed E-state index contributed by atoms with van der Waals surface area (Å²) >= 11 is 1.37. The second-order valence-corrected chi connectivity index (χ2v) is 5.58. The van der Waals surface area contributed by atoms with Gasteiger partial charge >= 0.3 is 0 Å². The minimum Gasteiger partial charge on any atom is -0.342 e. The van der Waals surface area contributed by atoms with Crippen LogP contribution < -0.4 is 11.1 Å². The van der Waals surface area contributed by atoms with Crippen LogP contribution in [-0.2, 0) is 4.79 Å². The molecule has 2 heterocycles. The number of rotatable bonds is 4. The molecule has 1 aromatic heterocycles. The third kappa shape index (κ3) is 3.54. The second-order valence-electron chi connectivity index (χ2n) is 4.63. The molecule has 0 aliphatic carbocycles. The van der Waals surface area contributed by atoms with Gasteiger partial charge in [0.25, 0.3) is 5.91 Å². The van der Waals surface area contributed by atoms with E-state index in [-0.39, 0.29) is 24.4 Å².